The molecule has 2 rings (SSSR count). The number of benzene rings is 1. The van der Waals surface area contributed by atoms with E-state index in [0.717, 1.165) is 31.7 Å². The standard InChI is InChI=1S/C14H19NO/c1-11(2)9-15-10-14-13-6-4-3-5-12(13)7-8-16-14/h3-6,14-15H,1,7-10H2,2H3/t14-/m1/s1. The van der Waals surface area contributed by atoms with Crippen LogP contribution in [0.3, 0.4) is 0 Å². The fourth-order valence-electron chi connectivity index (χ4n) is 2.06. The van der Waals surface area contributed by atoms with Crippen LogP contribution in [0.2, 0.25) is 0 Å². The van der Waals surface area contributed by atoms with Crippen molar-refractivity contribution in [2.24, 2.45) is 0 Å². The molecule has 86 valence electrons. The quantitative estimate of drug-likeness (QED) is 0.782. The van der Waals surface area contributed by atoms with Gasteiger partial charge in [0.2, 0.25) is 0 Å². The van der Waals surface area contributed by atoms with E-state index in [4.69, 9.17) is 4.74 Å². The highest BCUT2D eigenvalue weighted by atomic mass is 16.5. The van der Waals surface area contributed by atoms with E-state index in [9.17, 15) is 0 Å². The molecule has 2 nitrogen and oxygen atoms in total. The summed E-state index contributed by atoms with van der Waals surface area (Å²) in [5, 5.41) is 3.37. The van der Waals surface area contributed by atoms with Crippen molar-refractivity contribution in [3.8, 4) is 0 Å². The Hall–Kier alpha value is -1.12. The summed E-state index contributed by atoms with van der Waals surface area (Å²) in [6, 6.07) is 8.55. The van der Waals surface area contributed by atoms with Crippen molar-refractivity contribution in [2.75, 3.05) is 19.7 Å². The van der Waals surface area contributed by atoms with Gasteiger partial charge in [-0.15, -0.1) is 0 Å². The number of fused-ring (bicyclic) bond motifs is 1. The number of rotatable bonds is 4. The summed E-state index contributed by atoms with van der Waals surface area (Å²) < 4.78 is 5.79. The second-order valence-electron chi connectivity index (χ2n) is 4.40. The molecule has 0 saturated carbocycles. The first-order valence-electron chi connectivity index (χ1n) is 5.82. The van der Waals surface area contributed by atoms with Crippen molar-refractivity contribution in [1.29, 1.82) is 0 Å². The van der Waals surface area contributed by atoms with Gasteiger partial charge in [0, 0.05) is 13.1 Å². The zero-order chi connectivity index (χ0) is 11.4. The first-order chi connectivity index (χ1) is 7.77. The summed E-state index contributed by atoms with van der Waals surface area (Å²) in [5.41, 5.74) is 3.92. The van der Waals surface area contributed by atoms with Crippen molar-refractivity contribution >= 4 is 0 Å². The Labute approximate surface area is 97.3 Å². The van der Waals surface area contributed by atoms with E-state index in [2.05, 4.69) is 36.2 Å². The summed E-state index contributed by atoms with van der Waals surface area (Å²) in [6.45, 7) is 8.47. The lowest BCUT2D eigenvalue weighted by molar-refractivity contribution is 0.0431. The Morgan fingerprint density at radius 2 is 2.31 bits per heavy atom. The van der Waals surface area contributed by atoms with Gasteiger partial charge in [-0.25, -0.2) is 0 Å². The van der Waals surface area contributed by atoms with E-state index in [1.165, 1.54) is 11.1 Å². The number of hydrogen-bond acceptors (Lipinski definition) is 2. The Morgan fingerprint density at radius 1 is 1.50 bits per heavy atom. The summed E-state index contributed by atoms with van der Waals surface area (Å²) in [7, 11) is 0. The maximum atomic E-state index is 5.79. The predicted octanol–water partition coefficient (Wildman–Crippen LogP) is 2.47. The average molecular weight is 217 g/mol. The Bertz CT molecular complexity index is 373. The van der Waals surface area contributed by atoms with Gasteiger partial charge in [-0.05, 0) is 24.5 Å². The maximum absolute atomic E-state index is 5.79. The van der Waals surface area contributed by atoms with E-state index in [-0.39, 0.29) is 6.10 Å². The van der Waals surface area contributed by atoms with Gasteiger partial charge < -0.3 is 10.1 Å². The van der Waals surface area contributed by atoms with Crippen LogP contribution >= 0.6 is 0 Å². The molecule has 0 bridgehead atoms. The van der Waals surface area contributed by atoms with E-state index in [1.807, 2.05) is 6.92 Å². The maximum Gasteiger partial charge on any atom is 0.0952 e. The highest BCUT2D eigenvalue weighted by molar-refractivity contribution is 5.31. The fourth-order valence-corrected chi connectivity index (χ4v) is 2.06. The second kappa shape index (κ2) is 5.28. The molecular weight excluding hydrogens is 198 g/mol. The molecule has 1 aromatic rings. The molecule has 0 saturated heterocycles. The molecule has 1 heterocycles. The van der Waals surface area contributed by atoms with Crippen LogP contribution in [0.4, 0.5) is 0 Å². The van der Waals surface area contributed by atoms with Gasteiger partial charge in [-0.3, -0.25) is 0 Å². The van der Waals surface area contributed by atoms with Crippen LogP contribution in [0.1, 0.15) is 24.2 Å². The molecule has 1 aliphatic heterocycles. The van der Waals surface area contributed by atoms with Gasteiger partial charge in [0.1, 0.15) is 0 Å². The lowest BCUT2D eigenvalue weighted by Gasteiger charge is -2.26. The minimum absolute atomic E-state index is 0.198. The fraction of sp³-hybridized carbons (Fsp3) is 0.429. The van der Waals surface area contributed by atoms with Crippen molar-refractivity contribution < 1.29 is 4.74 Å². The molecule has 1 aliphatic rings. The van der Waals surface area contributed by atoms with Crippen LogP contribution in [-0.2, 0) is 11.2 Å². The lowest BCUT2D eigenvalue weighted by Crippen LogP contribution is -2.28. The highest BCUT2D eigenvalue weighted by Gasteiger charge is 2.19. The average Bonchev–Trinajstić information content (AvgIpc) is 2.29. The molecule has 2 heteroatoms. The minimum atomic E-state index is 0.198. The smallest absolute Gasteiger partial charge is 0.0952 e. The van der Waals surface area contributed by atoms with Gasteiger partial charge in [0.05, 0.1) is 12.7 Å². The van der Waals surface area contributed by atoms with Crippen LogP contribution in [0.5, 0.6) is 0 Å². The van der Waals surface area contributed by atoms with Crippen molar-refractivity contribution in [3.05, 3.63) is 47.5 Å². The normalized spacial score (nSPS) is 19.2. The van der Waals surface area contributed by atoms with Gasteiger partial charge in [-0.2, -0.15) is 0 Å². The third-order valence-corrected chi connectivity index (χ3v) is 2.85. The Balaban J connectivity index is 1.99. The van der Waals surface area contributed by atoms with E-state index in [1.54, 1.807) is 0 Å². The van der Waals surface area contributed by atoms with Gasteiger partial charge in [-0.1, -0.05) is 36.4 Å². The van der Waals surface area contributed by atoms with Gasteiger partial charge in [0.25, 0.3) is 0 Å². The highest BCUT2D eigenvalue weighted by Crippen LogP contribution is 2.26. The summed E-state index contributed by atoms with van der Waals surface area (Å²) >= 11 is 0. The van der Waals surface area contributed by atoms with Gasteiger partial charge >= 0.3 is 0 Å². The number of nitrogens with one attached hydrogen (secondary N) is 1. The molecule has 0 aromatic heterocycles. The Kier molecular flexibility index (Phi) is 3.75. The first kappa shape index (κ1) is 11.4. The summed E-state index contributed by atoms with van der Waals surface area (Å²) in [5.74, 6) is 0. The van der Waals surface area contributed by atoms with Crippen LogP contribution < -0.4 is 5.32 Å². The molecule has 0 unspecified atom stereocenters. The molecule has 1 atom stereocenters. The van der Waals surface area contributed by atoms with E-state index >= 15 is 0 Å². The second-order valence-corrected chi connectivity index (χ2v) is 4.40. The molecule has 0 aliphatic carbocycles. The minimum Gasteiger partial charge on any atom is -0.372 e. The molecule has 0 fully saturated rings. The lowest BCUT2D eigenvalue weighted by atomic mass is 9.97. The van der Waals surface area contributed by atoms with Crippen molar-refractivity contribution in [3.63, 3.8) is 0 Å². The van der Waals surface area contributed by atoms with E-state index in [0.29, 0.717) is 0 Å². The molecular formula is C14H19NO. The van der Waals surface area contributed by atoms with Crippen LogP contribution in [0.15, 0.2) is 36.4 Å². The van der Waals surface area contributed by atoms with Crippen molar-refractivity contribution in [1.82, 2.24) is 5.32 Å². The van der Waals surface area contributed by atoms with Crippen molar-refractivity contribution in [2.45, 2.75) is 19.4 Å². The molecule has 0 radical (unpaired) electrons. The molecule has 0 spiro atoms. The predicted molar refractivity (Wildman–Crippen MR) is 66.5 cm³/mol. The van der Waals surface area contributed by atoms with Crippen LogP contribution in [-0.4, -0.2) is 19.7 Å². The molecule has 0 amide bonds. The molecule has 16 heavy (non-hydrogen) atoms. The zero-order valence-electron chi connectivity index (χ0n) is 9.83. The number of hydrogen-bond donors (Lipinski definition) is 1. The topological polar surface area (TPSA) is 21.3 Å². The van der Waals surface area contributed by atoms with Crippen LogP contribution in [0, 0.1) is 0 Å². The largest absolute Gasteiger partial charge is 0.372 e. The Morgan fingerprint density at radius 3 is 3.12 bits per heavy atom. The van der Waals surface area contributed by atoms with E-state index < -0.39 is 0 Å². The first-order valence-corrected chi connectivity index (χ1v) is 5.82. The summed E-state index contributed by atoms with van der Waals surface area (Å²) in [6.07, 6.45) is 1.23. The van der Waals surface area contributed by atoms with Crippen LogP contribution in [0.25, 0.3) is 0 Å². The molecule has 1 N–H and O–H groups in total. The SMILES string of the molecule is C=C(C)CNC[C@H]1OCCc2ccccc21. The monoisotopic (exact) mass is 217 g/mol. The third-order valence-electron chi connectivity index (χ3n) is 2.85. The molecule has 1 aromatic carbocycles. The third kappa shape index (κ3) is 2.71. The summed E-state index contributed by atoms with van der Waals surface area (Å²) in [4.78, 5) is 0. The zero-order valence-corrected chi connectivity index (χ0v) is 9.83. The number of ether oxygens (including phenoxy) is 1. The van der Waals surface area contributed by atoms with Gasteiger partial charge in [0.15, 0.2) is 0 Å².